The van der Waals surface area contributed by atoms with E-state index in [0.717, 1.165) is 0 Å². The molecule has 0 heterocycles. The van der Waals surface area contributed by atoms with Crippen LogP contribution in [-0.2, 0) is 10.8 Å². The molecule has 0 radical (unpaired) electrons. The Hall–Kier alpha value is -2.87. The molecule has 0 aromatic heterocycles. The highest BCUT2D eigenvalue weighted by atomic mass is 35.5. The molecular formula is C39H42ClN. The van der Waals surface area contributed by atoms with Gasteiger partial charge in [-0.2, -0.15) is 0 Å². The third kappa shape index (κ3) is 3.99. The second kappa shape index (κ2) is 10.4. The predicted octanol–water partition coefficient (Wildman–Crippen LogP) is 9.35. The lowest BCUT2D eigenvalue weighted by Gasteiger charge is -2.50. The molecule has 6 aliphatic rings. The zero-order valence-electron chi connectivity index (χ0n) is 24.3. The lowest BCUT2D eigenvalue weighted by molar-refractivity contribution is 0.267. The minimum Gasteiger partial charge on any atom is -0.306 e. The Balaban J connectivity index is 0.00000276. The fourth-order valence-corrected chi connectivity index (χ4v) is 9.72. The molecule has 10 rings (SSSR count). The number of nitrogens with zero attached hydrogens (tertiary/aromatic N) is 1. The van der Waals surface area contributed by atoms with E-state index in [4.69, 9.17) is 0 Å². The normalized spacial score (nSPS) is 26.1. The Morgan fingerprint density at radius 3 is 1.20 bits per heavy atom. The summed E-state index contributed by atoms with van der Waals surface area (Å²) < 4.78 is 0. The summed E-state index contributed by atoms with van der Waals surface area (Å²) >= 11 is 0. The molecule has 210 valence electrons. The first kappa shape index (κ1) is 27.0. The average molecular weight is 560 g/mol. The standard InChI is InChI=1S/C39H41N.ClH/c1-40(26-10-22-38-24-20-28(30-12-2-6-16-34(30)38)31-13-3-7-17-35(31)38)27-11-23-39-25-21-29(32-14-4-8-18-36(32)39)33-15-5-9-19-37(33)39;/h2-9,12-19,28-29H,10-11,20-27H2,1H3;1H. The summed E-state index contributed by atoms with van der Waals surface area (Å²) in [4.78, 5) is 2.62. The summed E-state index contributed by atoms with van der Waals surface area (Å²) in [6.07, 6.45) is 10.2. The predicted molar refractivity (Wildman–Crippen MR) is 173 cm³/mol. The molecule has 4 bridgehead atoms. The maximum atomic E-state index is 2.62. The van der Waals surface area contributed by atoms with E-state index in [-0.39, 0.29) is 23.2 Å². The Morgan fingerprint density at radius 1 is 0.537 bits per heavy atom. The molecule has 0 spiro atoms. The molecule has 0 N–H and O–H groups in total. The monoisotopic (exact) mass is 559 g/mol. The number of hydrogen-bond donors (Lipinski definition) is 0. The minimum absolute atomic E-state index is 0. The zero-order chi connectivity index (χ0) is 26.7. The van der Waals surface area contributed by atoms with Crippen LogP contribution >= 0.6 is 12.4 Å². The maximum Gasteiger partial charge on any atom is 0.0209 e. The van der Waals surface area contributed by atoms with Crippen molar-refractivity contribution in [2.75, 3.05) is 20.1 Å². The molecule has 0 unspecified atom stereocenters. The van der Waals surface area contributed by atoms with Gasteiger partial charge in [-0.1, -0.05) is 97.1 Å². The fraction of sp³-hybridized carbons (Fsp3) is 0.385. The van der Waals surface area contributed by atoms with Gasteiger partial charge in [0.05, 0.1) is 0 Å². The van der Waals surface area contributed by atoms with E-state index >= 15 is 0 Å². The van der Waals surface area contributed by atoms with Crippen molar-refractivity contribution in [2.24, 2.45) is 0 Å². The summed E-state index contributed by atoms with van der Waals surface area (Å²) in [5.41, 5.74) is 13.3. The van der Waals surface area contributed by atoms with E-state index < -0.39 is 0 Å². The maximum absolute atomic E-state index is 2.62. The van der Waals surface area contributed by atoms with Gasteiger partial charge < -0.3 is 4.90 Å². The van der Waals surface area contributed by atoms with Crippen molar-refractivity contribution in [1.29, 1.82) is 0 Å². The first-order valence-electron chi connectivity index (χ1n) is 15.8. The summed E-state index contributed by atoms with van der Waals surface area (Å²) in [6.45, 7) is 2.36. The topological polar surface area (TPSA) is 3.24 Å². The largest absolute Gasteiger partial charge is 0.306 e. The van der Waals surface area contributed by atoms with Crippen LogP contribution < -0.4 is 0 Å². The van der Waals surface area contributed by atoms with Crippen molar-refractivity contribution in [3.63, 3.8) is 0 Å². The van der Waals surface area contributed by atoms with E-state index in [1.165, 1.54) is 64.5 Å². The lowest BCUT2D eigenvalue weighted by atomic mass is 9.54. The molecule has 4 aromatic carbocycles. The van der Waals surface area contributed by atoms with Crippen molar-refractivity contribution in [1.82, 2.24) is 4.90 Å². The number of benzene rings is 4. The van der Waals surface area contributed by atoms with Crippen LogP contribution in [0.25, 0.3) is 0 Å². The van der Waals surface area contributed by atoms with Gasteiger partial charge in [0.2, 0.25) is 0 Å². The van der Waals surface area contributed by atoms with Gasteiger partial charge in [-0.25, -0.2) is 0 Å². The van der Waals surface area contributed by atoms with Crippen LogP contribution in [0.3, 0.4) is 0 Å². The molecule has 0 amide bonds. The van der Waals surface area contributed by atoms with Gasteiger partial charge in [0.25, 0.3) is 0 Å². The quantitative estimate of drug-likeness (QED) is 0.208. The summed E-state index contributed by atoms with van der Waals surface area (Å²) in [6, 6.07) is 37.5. The number of fused-ring (bicyclic) bond motifs is 2. The van der Waals surface area contributed by atoms with E-state index in [0.29, 0.717) is 11.8 Å². The molecule has 0 aliphatic heterocycles. The second-order valence-corrected chi connectivity index (χ2v) is 13.2. The van der Waals surface area contributed by atoms with Crippen LogP contribution in [0.5, 0.6) is 0 Å². The molecule has 0 atom stereocenters. The van der Waals surface area contributed by atoms with Crippen LogP contribution in [0.1, 0.15) is 108 Å². The van der Waals surface area contributed by atoms with Gasteiger partial charge >= 0.3 is 0 Å². The number of halogens is 1. The molecule has 41 heavy (non-hydrogen) atoms. The van der Waals surface area contributed by atoms with Gasteiger partial charge in [-0.15, -0.1) is 12.4 Å². The van der Waals surface area contributed by atoms with E-state index in [1.54, 1.807) is 44.5 Å². The lowest BCUT2D eigenvalue weighted by Crippen LogP contribution is -2.41. The Kier molecular flexibility index (Phi) is 6.87. The minimum atomic E-state index is 0. The van der Waals surface area contributed by atoms with Gasteiger partial charge in [0, 0.05) is 22.7 Å². The molecule has 0 saturated heterocycles. The van der Waals surface area contributed by atoms with Gasteiger partial charge in [-0.3, -0.25) is 0 Å². The summed E-state index contributed by atoms with van der Waals surface area (Å²) in [7, 11) is 2.36. The van der Waals surface area contributed by atoms with E-state index in [2.05, 4.69) is 109 Å². The Morgan fingerprint density at radius 2 is 0.854 bits per heavy atom. The SMILES string of the molecule is CN(CCCC12CCC(c3ccccc31)c1ccccc12)CCCC12CCC(c3ccccc31)c1ccccc12.Cl. The molecule has 1 nitrogen and oxygen atoms in total. The Labute approximate surface area is 252 Å². The average Bonchev–Trinajstić information content (AvgIpc) is 3.02. The highest BCUT2D eigenvalue weighted by Crippen LogP contribution is 2.59. The summed E-state index contributed by atoms with van der Waals surface area (Å²) in [5.74, 6) is 1.20. The Bertz CT molecular complexity index is 1360. The number of rotatable bonds is 8. The smallest absolute Gasteiger partial charge is 0.0209 e. The van der Waals surface area contributed by atoms with Crippen molar-refractivity contribution in [3.8, 4) is 0 Å². The second-order valence-electron chi connectivity index (χ2n) is 13.2. The van der Waals surface area contributed by atoms with E-state index in [1.807, 2.05) is 0 Å². The summed E-state index contributed by atoms with van der Waals surface area (Å²) in [5, 5.41) is 0. The number of hydrogen-bond acceptors (Lipinski definition) is 1. The highest BCUT2D eigenvalue weighted by Gasteiger charge is 2.48. The van der Waals surface area contributed by atoms with Gasteiger partial charge in [0.15, 0.2) is 0 Å². The molecule has 0 saturated carbocycles. The molecule has 0 fully saturated rings. The van der Waals surface area contributed by atoms with Gasteiger partial charge in [-0.05, 0) is 116 Å². The highest BCUT2D eigenvalue weighted by molar-refractivity contribution is 5.85. The fourth-order valence-electron chi connectivity index (χ4n) is 9.72. The third-order valence-electron chi connectivity index (χ3n) is 11.4. The van der Waals surface area contributed by atoms with Crippen molar-refractivity contribution in [2.45, 2.75) is 74.0 Å². The van der Waals surface area contributed by atoms with Crippen LogP contribution in [0, 0.1) is 0 Å². The van der Waals surface area contributed by atoms with Crippen LogP contribution in [0.15, 0.2) is 97.1 Å². The molecular weight excluding hydrogens is 518 g/mol. The first-order chi connectivity index (χ1) is 19.7. The molecule has 6 aliphatic carbocycles. The molecule has 2 heteroatoms. The van der Waals surface area contributed by atoms with E-state index in [9.17, 15) is 0 Å². The molecule has 4 aromatic rings. The van der Waals surface area contributed by atoms with Crippen LogP contribution in [0.2, 0.25) is 0 Å². The third-order valence-corrected chi connectivity index (χ3v) is 11.4. The first-order valence-corrected chi connectivity index (χ1v) is 15.8. The van der Waals surface area contributed by atoms with Crippen molar-refractivity contribution >= 4 is 12.4 Å². The van der Waals surface area contributed by atoms with Crippen LogP contribution in [0.4, 0.5) is 0 Å². The van der Waals surface area contributed by atoms with Gasteiger partial charge in [0.1, 0.15) is 0 Å². The van der Waals surface area contributed by atoms with Crippen molar-refractivity contribution in [3.05, 3.63) is 142 Å². The zero-order valence-corrected chi connectivity index (χ0v) is 25.1. The van der Waals surface area contributed by atoms with Crippen LogP contribution in [-0.4, -0.2) is 25.0 Å². The van der Waals surface area contributed by atoms with Crippen molar-refractivity contribution < 1.29 is 0 Å².